The smallest absolute Gasteiger partial charge is 0.453 e. The summed E-state index contributed by atoms with van der Waals surface area (Å²) in [5.74, 6) is -0.0762. The van der Waals surface area contributed by atoms with Gasteiger partial charge in [0.1, 0.15) is 12.1 Å². The van der Waals surface area contributed by atoms with Crippen molar-refractivity contribution in [3.63, 3.8) is 0 Å². The number of tetrazole rings is 1. The Morgan fingerprint density at radius 1 is 1.13 bits per heavy atom. The van der Waals surface area contributed by atoms with Gasteiger partial charge in [0.25, 0.3) is 0 Å². The van der Waals surface area contributed by atoms with Crippen molar-refractivity contribution < 1.29 is 18.4 Å². The number of benzene rings is 2. The van der Waals surface area contributed by atoms with Gasteiger partial charge in [-0.3, -0.25) is 0 Å². The van der Waals surface area contributed by atoms with Gasteiger partial charge >= 0.3 is 11.8 Å². The molecule has 0 fully saturated rings. The third-order valence-corrected chi connectivity index (χ3v) is 6.08. The molecule has 11 nitrogen and oxygen atoms in total. The molecule has 5 aromatic rings. The van der Waals surface area contributed by atoms with Gasteiger partial charge in [-0.15, -0.1) is 10.2 Å². The molecule has 0 saturated carbocycles. The van der Waals surface area contributed by atoms with Crippen LogP contribution in [-0.4, -0.2) is 36.1 Å². The lowest BCUT2D eigenvalue weighted by Gasteiger charge is -2.13. The topological polar surface area (TPSA) is 142 Å². The van der Waals surface area contributed by atoms with Crippen molar-refractivity contribution in [2.45, 2.75) is 39.8 Å². The van der Waals surface area contributed by atoms with Gasteiger partial charge in [0.2, 0.25) is 5.82 Å². The van der Waals surface area contributed by atoms with Crippen molar-refractivity contribution >= 4 is 11.5 Å². The van der Waals surface area contributed by atoms with Crippen LogP contribution in [0.4, 0.5) is 0 Å². The average Bonchev–Trinajstić information content (AvgIpc) is 3.69. The van der Waals surface area contributed by atoms with Crippen LogP contribution < -0.4 is 5.82 Å². The number of hydrogen-bond acceptors (Lipinski definition) is 9. The number of allylic oxidation sites excluding steroid dienone is 1. The number of hydrogen-bond donors (Lipinski definition) is 1. The van der Waals surface area contributed by atoms with Crippen molar-refractivity contribution in [1.82, 2.24) is 30.2 Å². The van der Waals surface area contributed by atoms with Crippen LogP contribution in [0, 0.1) is 0 Å². The number of aromatic nitrogens is 6. The van der Waals surface area contributed by atoms with E-state index in [1.165, 1.54) is 0 Å². The molecule has 0 aliphatic heterocycles. The Morgan fingerprint density at radius 2 is 1.90 bits per heavy atom. The highest BCUT2D eigenvalue weighted by molar-refractivity contribution is 5.93. The van der Waals surface area contributed by atoms with Crippen LogP contribution in [0.25, 0.3) is 28.1 Å². The first kappa shape index (κ1) is 25.6. The van der Waals surface area contributed by atoms with E-state index < -0.39 is 11.8 Å². The SMILES string of the molecule is C=C(C)c1nc(CCC)n(Cc2ccc(-c3ccccc3-c3nn[nH]n3)cc2)c1C(=O)OCc1coc(=O)o1. The summed E-state index contributed by atoms with van der Waals surface area (Å²) in [5, 5.41) is 14.4. The molecule has 0 saturated heterocycles. The first-order chi connectivity index (χ1) is 18.9. The van der Waals surface area contributed by atoms with E-state index in [1.807, 2.05) is 60.0 Å². The Bertz CT molecular complexity index is 1660. The van der Waals surface area contributed by atoms with E-state index in [1.54, 1.807) is 6.92 Å². The van der Waals surface area contributed by atoms with Crippen molar-refractivity contribution in [3.8, 4) is 22.5 Å². The summed E-state index contributed by atoms with van der Waals surface area (Å²) >= 11 is 0. The number of aromatic amines is 1. The first-order valence-corrected chi connectivity index (χ1v) is 12.4. The summed E-state index contributed by atoms with van der Waals surface area (Å²) in [7, 11) is 0. The molecule has 0 amide bonds. The molecule has 39 heavy (non-hydrogen) atoms. The normalized spacial score (nSPS) is 11.0. The number of carbonyl (C=O) groups is 1. The maximum absolute atomic E-state index is 13.3. The van der Waals surface area contributed by atoms with Crippen LogP contribution in [0.1, 0.15) is 53.6 Å². The molecule has 0 aliphatic carbocycles. The fourth-order valence-corrected chi connectivity index (χ4v) is 4.30. The summed E-state index contributed by atoms with van der Waals surface area (Å²) in [6.07, 6.45) is 2.63. The number of imidazole rings is 1. The molecule has 3 heterocycles. The monoisotopic (exact) mass is 526 g/mol. The Morgan fingerprint density at radius 3 is 2.54 bits per heavy atom. The second kappa shape index (κ2) is 11.1. The molecule has 1 N–H and O–H groups in total. The summed E-state index contributed by atoms with van der Waals surface area (Å²) in [6.45, 7) is 8.01. The summed E-state index contributed by atoms with van der Waals surface area (Å²) in [4.78, 5) is 29.2. The third kappa shape index (κ3) is 5.47. The lowest BCUT2D eigenvalue weighted by molar-refractivity contribution is 0.0431. The standard InChI is InChI=1S/C28H26N6O5/c1-4-7-23-29-24(17(2)3)25(27(35)37-15-20-16-38-28(36)39-20)34(23)14-18-10-12-19(13-11-18)21-8-5-6-9-22(21)26-30-32-33-31-26/h5-6,8-13,16H,2,4,7,14-15H2,1,3H3,(H,30,31,32,33). The highest BCUT2D eigenvalue weighted by Gasteiger charge is 2.25. The number of esters is 1. The predicted octanol–water partition coefficient (Wildman–Crippen LogP) is 4.67. The van der Waals surface area contributed by atoms with Crippen molar-refractivity contribution in [2.75, 3.05) is 0 Å². The van der Waals surface area contributed by atoms with Crippen molar-refractivity contribution in [2.24, 2.45) is 0 Å². The molecule has 3 aromatic heterocycles. The quantitative estimate of drug-likeness (QED) is 0.257. The number of nitrogens with one attached hydrogen (secondary N) is 1. The predicted molar refractivity (Wildman–Crippen MR) is 141 cm³/mol. The van der Waals surface area contributed by atoms with Crippen LogP contribution in [0.3, 0.4) is 0 Å². The fraction of sp³-hybridized carbons (Fsp3) is 0.214. The number of aryl methyl sites for hydroxylation is 1. The molecule has 0 unspecified atom stereocenters. The van der Waals surface area contributed by atoms with Gasteiger partial charge in [0.05, 0.1) is 5.69 Å². The van der Waals surface area contributed by atoms with Gasteiger partial charge < -0.3 is 18.1 Å². The van der Waals surface area contributed by atoms with Crippen LogP contribution >= 0.6 is 0 Å². The minimum atomic E-state index is -0.859. The zero-order chi connectivity index (χ0) is 27.4. The maximum atomic E-state index is 13.3. The molecule has 0 bridgehead atoms. The van der Waals surface area contributed by atoms with E-state index in [0.29, 0.717) is 35.8 Å². The van der Waals surface area contributed by atoms with Crippen LogP contribution in [0.15, 0.2) is 75.0 Å². The van der Waals surface area contributed by atoms with E-state index in [0.717, 1.165) is 40.8 Å². The molecular weight excluding hydrogens is 500 g/mol. The minimum Gasteiger partial charge on any atom is -0.453 e. The van der Waals surface area contributed by atoms with E-state index >= 15 is 0 Å². The minimum absolute atomic E-state index is 0.113. The Labute approximate surface area is 223 Å². The Kier molecular flexibility index (Phi) is 7.30. The molecular formula is C28H26N6O5. The summed E-state index contributed by atoms with van der Waals surface area (Å²) < 4.78 is 16.8. The van der Waals surface area contributed by atoms with Gasteiger partial charge in [-0.1, -0.05) is 62.0 Å². The van der Waals surface area contributed by atoms with Gasteiger partial charge in [-0.25, -0.2) is 14.6 Å². The molecule has 11 heteroatoms. The second-order valence-electron chi connectivity index (χ2n) is 8.95. The Hall–Kier alpha value is -5.06. The lowest BCUT2D eigenvalue weighted by Crippen LogP contribution is -2.16. The highest BCUT2D eigenvalue weighted by Crippen LogP contribution is 2.30. The molecule has 5 rings (SSSR count). The average molecular weight is 527 g/mol. The number of carbonyl (C=O) groups excluding carboxylic acids is 1. The molecule has 0 aliphatic rings. The fourth-order valence-electron chi connectivity index (χ4n) is 4.30. The molecule has 198 valence electrons. The number of H-pyrrole nitrogens is 1. The van der Waals surface area contributed by atoms with Gasteiger partial charge in [0, 0.05) is 18.5 Å². The number of rotatable bonds is 10. The molecule has 0 radical (unpaired) electrons. The van der Waals surface area contributed by atoms with E-state index in [4.69, 9.17) is 14.1 Å². The molecule has 0 spiro atoms. The highest BCUT2D eigenvalue weighted by atomic mass is 16.6. The van der Waals surface area contributed by atoms with Crippen LogP contribution in [-0.2, 0) is 24.3 Å². The number of nitrogens with zero attached hydrogens (tertiary/aromatic N) is 5. The van der Waals surface area contributed by atoms with Crippen LogP contribution in [0.5, 0.6) is 0 Å². The van der Waals surface area contributed by atoms with Crippen molar-refractivity contribution in [3.05, 3.63) is 101 Å². The first-order valence-electron chi connectivity index (χ1n) is 12.4. The molecule has 0 atom stereocenters. The van der Waals surface area contributed by atoms with Crippen LogP contribution in [0.2, 0.25) is 0 Å². The maximum Gasteiger partial charge on any atom is 0.518 e. The van der Waals surface area contributed by atoms with Crippen molar-refractivity contribution in [1.29, 1.82) is 0 Å². The zero-order valence-electron chi connectivity index (χ0n) is 21.5. The number of ether oxygens (including phenoxy) is 1. The summed E-state index contributed by atoms with van der Waals surface area (Å²) in [5.41, 5.74) is 5.20. The molecule has 2 aromatic carbocycles. The Balaban J connectivity index is 1.46. The van der Waals surface area contributed by atoms with Gasteiger partial charge in [-0.2, -0.15) is 5.21 Å². The van der Waals surface area contributed by atoms with E-state index in [9.17, 15) is 9.59 Å². The second-order valence-corrected chi connectivity index (χ2v) is 8.95. The lowest BCUT2D eigenvalue weighted by atomic mass is 9.98. The van der Waals surface area contributed by atoms with Gasteiger partial charge in [-0.05, 0) is 40.8 Å². The third-order valence-electron chi connectivity index (χ3n) is 6.08. The van der Waals surface area contributed by atoms with Gasteiger partial charge in [0.15, 0.2) is 18.1 Å². The largest absolute Gasteiger partial charge is 0.518 e. The zero-order valence-corrected chi connectivity index (χ0v) is 21.5. The van der Waals surface area contributed by atoms with E-state index in [2.05, 4.69) is 31.6 Å². The van der Waals surface area contributed by atoms with E-state index in [-0.39, 0.29) is 12.4 Å². The summed E-state index contributed by atoms with van der Waals surface area (Å²) in [6, 6.07) is 15.9.